The van der Waals surface area contributed by atoms with E-state index in [2.05, 4.69) is 30.8 Å². The van der Waals surface area contributed by atoms with E-state index in [9.17, 15) is 9.59 Å². The average molecular weight is 382 g/mol. The summed E-state index contributed by atoms with van der Waals surface area (Å²) in [6, 6.07) is 7.30. The van der Waals surface area contributed by atoms with Gasteiger partial charge in [0.1, 0.15) is 0 Å². The van der Waals surface area contributed by atoms with Crippen LogP contribution in [0.5, 0.6) is 0 Å². The Morgan fingerprint density at radius 2 is 1.07 bits per heavy atom. The standard InChI is InChI=1S/C20H26N6O2/c1-19(2,17(27)23-13-15-5-9-21-10-6-15)25-26-20(3,4)18(28)24-14-16-7-11-22-12-8-16/h5-12H,13-14H2,1-4H3,(H,23,27)(H,24,28)/b26-25+. The number of hydrogen-bond acceptors (Lipinski definition) is 6. The fourth-order valence-electron chi connectivity index (χ4n) is 2.14. The fraction of sp³-hybridized carbons (Fsp3) is 0.400. The van der Waals surface area contributed by atoms with Crippen molar-refractivity contribution in [3.63, 3.8) is 0 Å². The van der Waals surface area contributed by atoms with Gasteiger partial charge in [-0.05, 0) is 63.1 Å². The van der Waals surface area contributed by atoms with Crippen molar-refractivity contribution in [3.05, 3.63) is 60.2 Å². The number of nitrogens with one attached hydrogen (secondary N) is 2. The van der Waals surface area contributed by atoms with Gasteiger partial charge in [0.2, 0.25) is 11.8 Å². The zero-order valence-electron chi connectivity index (χ0n) is 16.6. The van der Waals surface area contributed by atoms with Crippen LogP contribution in [-0.4, -0.2) is 32.9 Å². The number of carbonyl (C=O) groups excluding carboxylic acids is 2. The predicted octanol–water partition coefficient (Wildman–Crippen LogP) is 2.42. The average Bonchev–Trinajstić information content (AvgIpc) is 2.70. The van der Waals surface area contributed by atoms with Gasteiger partial charge in [-0.2, -0.15) is 10.2 Å². The molecule has 28 heavy (non-hydrogen) atoms. The summed E-state index contributed by atoms with van der Waals surface area (Å²) in [6.07, 6.45) is 6.66. The van der Waals surface area contributed by atoms with Crippen LogP contribution in [0.3, 0.4) is 0 Å². The number of amides is 2. The highest BCUT2D eigenvalue weighted by Gasteiger charge is 2.32. The summed E-state index contributed by atoms with van der Waals surface area (Å²) < 4.78 is 0. The largest absolute Gasteiger partial charge is 0.350 e. The Morgan fingerprint density at radius 3 is 1.39 bits per heavy atom. The maximum absolute atomic E-state index is 12.4. The van der Waals surface area contributed by atoms with Crippen molar-refractivity contribution in [2.75, 3.05) is 0 Å². The molecule has 8 nitrogen and oxygen atoms in total. The summed E-state index contributed by atoms with van der Waals surface area (Å²) in [5.74, 6) is -0.554. The van der Waals surface area contributed by atoms with Gasteiger partial charge in [-0.3, -0.25) is 19.6 Å². The quantitative estimate of drug-likeness (QED) is 0.683. The topological polar surface area (TPSA) is 109 Å². The number of carbonyl (C=O) groups is 2. The first-order valence-electron chi connectivity index (χ1n) is 8.99. The van der Waals surface area contributed by atoms with Crippen molar-refractivity contribution in [2.24, 2.45) is 10.2 Å². The Hall–Kier alpha value is -3.16. The first-order valence-corrected chi connectivity index (χ1v) is 8.99. The predicted molar refractivity (Wildman–Crippen MR) is 105 cm³/mol. The molecule has 2 heterocycles. The number of pyridine rings is 2. The number of nitrogens with zero attached hydrogens (tertiary/aromatic N) is 4. The maximum atomic E-state index is 12.4. The van der Waals surface area contributed by atoms with Crippen LogP contribution < -0.4 is 10.6 Å². The Bertz CT molecular complexity index is 750. The van der Waals surface area contributed by atoms with Gasteiger partial charge in [0.15, 0.2) is 11.1 Å². The van der Waals surface area contributed by atoms with Crippen LogP contribution in [0, 0.1) is 0 Å². The smallest absolute Gasteiger partial charge is 0.249 e. The highest BCUT2D eigenvalue weighted by molar-refractivity contribution is 5.86. The highest BCUT2D eigenvalue weighted by Crippen LogP contribution is 2.17. The molecule has 0 fully saturated rings. The third-order valence-electron chi connectivity index (χ3n) is 4.07. The third-order valence-corrected chi connectivity index (χ3v) is 4.07. The van der Waals surface area contributed by atoms with Crippen LogP contribution in [0.25, 0.3) is 0 Å². The molecule has 0 atom stereocenters. The molecule has 0 saturated heterocycles. The van der Waals surface area contributed by atoms with Gasteiger partial charge in [0.25, 0.3) is 0 Å². The first-order chi connectivity index (χ1) is 13.2. The lowest BCUT2D eigenvalue weighted by Gasteiger charge is -2.22. The van der Waals surface area contributed by atoms with E-state index >= 15 is 0 Å². The second-order valence-corrected chi connectivity index (χ2v) is 7.39. The van der Waals surface area contributed by atoms with E-state index in [0.29, 0.717) is 13.1 Å². The number of rotatable bonds is 8. The molecule has 0 aliphatic rings. The van der Waals surface area contributed by atoms with E-state index in [4.69, 9.17) is 0 Å². The van der Waals surface area contributed by atoms with Crippen LogP contribution in [0.2, 0.25) is 0 Å². The molecule has 0 spiro atoms. The van der Waals surface area contributed by atoms with Gasteiger partial charge in [-0.1, -0.05) is 0 Å². The molecule has 0 aliphatic heterocycles. The Balaban J connectivity index is 1.92. The molecular weight excluding hydrogens is 356 g/mol. The molecule has 148 valence electrons. The lowest BCUT2D eigenvalue weighted by Crippen LogP contribution is -2.43. The molecule has 0 aromatic carbocycles. The lowest BCUT2D eigenvalue weighted by molar-refractivity contribution is -0.127. The molecule has 0 bridgehead atoms. The minimum atomic E-state index is -1.10. The highest BCUT2D eigenvalue weighted by atomic mass is 16.2. The SMILES string of the molecule is CC(C)(/N=N/C(C)(C)C(=O)NCc1ccncc1)C(=O)NCc1ccncc1. The van der Waals surface area contributed by atoms with Gasteiger partial charge in [-0.15, -0.1) is 0 Å². The summed E-state index contributed by atoms with van der Waals surface area (Å²) in [5.41, 5.74) is -0.329. The van der Waals surface area contributed by atoms with Gasteiger partial charge < -0.3 is 10.6 Å². The molecule has 0 unspecified atom stereocenters. The fourth-order valence-corrected chi connectivity index (χ4v) is 2.14. The van der Waals surface area contributed by atoms with Crippen molar-refractivity contribution in [3.8, 4) is 0 Å². The number of azo groups is 1. The minimum Gasteiger partial charge on any atom is -0.350 e. The first kappa shape index (κ1) is 21.1. The van der Waals surface area contributed by atoms with E-state index in [1.165, 1.54) is 0 Å². The molecule has 0 aliphatic carbocycles. The van der Waals surface area contributed by atoms with Crippen LogP contribution in [0.15, 0.2) is 59.3 Å². The molecule has 8 heteroatoms. The number of aromatic nitrogens is 2. The molecule has 2 aromatic heterocycles. The molecule has 0 saturated carbocycles. The minimum absolute atomic E-state index is 0.277. The van der Waals surface area contributed by atoms with Crippen LogP contribution in [0.1, 0.15) is 38.8 Å². The van der Waals surface area contributed by atoms with E-state index in [1.807, 2.05) is 24.3 Å². The lowest BCUT2D eigenvalue weighted by atomic mass is 10.0. The van der Waals surface area contributed by atoms with Crippen LogP contribution in [0.4, 0.5) is 0 Å². The van der Waals surface area contributed by atoms with Crippen molar-refractivity contribution in [1.29, 1.82) is 0 Å². The van der Waals surface area contributed by atoms with Gasteiger partial charge >= 0.3 is 0 Å². The van der Waals surface area contributed by atoms with Crippen molar-refractivity contribution in [1.82, 2.24) is 20.6 Å². The monoisotopic (exact) mass is 382 g/mol. The molecule has 0 radical (unpaired) electrons. The van der Waals surface area contributed by atoms with Crippen LogP contribution in [-0.2, 0) is 22.7 Å². The second kappa shape index (κ2) is 9.16. The molecular formula is C20H26N6O2. The van der Waals surface area contributed by atoms with Gasteiger partial charge in [-0.25, -0.2) is 0 Å². The third kappa shape index (κ3) is 6.22. The van der Waals surface area contributed by atoms with Gasteiger partial charge in [0.05, 0.1) is 0 Å². The molecule has 2 N–H and O–H groups in total. The molecule has 2 rings (SSSR count). The zero-order valence-corrected chi connectivity index (χ0v) is 16.6. The van der Waals surface area contributed by atoms with E-state index in [-0.39, 0.29) is 11.8 Å². The summed E-state index contributed by atoms with van der Waals surface area (Å²) in [6.45, 7) is 7.37. The summed E-state index contributed by atoms with van der Waals surface area (Å²) in [7, 11) is 0. The van der Waals surface area contributed by atoms with E-state index < -0.39 is 11.1 Å². The van der Waals surface area contributed by atoms with Crippen LogP contribution >= 0.6 is 0 Å². The Kier molecular flexibility index (Phi) is 6.92. The van der Waals surface area contributed by atoms with E-state index in [0.717, 1.165) is 11.1 Å². The maximum Gasteiger partial charge on any atom is 0.249 e. The van der Waals surface area contributed by atoms with Crippen molar-refractivity contribution in [2.45, 2.75) is 51.9 Å². The summed E-state index contributed by atoms with van der Waals surface area (Å²) >= 11 is 0. The van der Waals surface area contributed by atoms with Crippen molar-refractivity contribution < 1.29 is 9.59 Å². The Labute approximate surface area is 164 Å². The normalized spacial score (nSPS) is 12.0. The summed E-state index contributed by atoms with van der Waals surface area (Å²) in [5, 5.41) is 13.9. The molecule has 2 aromatic rings. The van der Waals surface area contributed by atoms with Crippen molar-refractivity contribution >= 4 is 11.8 Å². The number of hydrogen-bond donors (Lipinski definition) is 2. The second-order valence-electron chi connectivity index (χ2n) is 7.39. The van der Waals surface area contributed by atoms with E-state index in [1.54, 1.807) is 52.5 Å². The summed E-state index contributed by atoms with van der Waals surface area (Å²) in [4.78, 5) is 32.8. The zero-order chi connectivity index (χ0) is 20.6. The molecule has 2 amide bonds. The Morgan fingerprint density at radius 1 is 0.750 bits per heavy atom. The van der Waals surface area contributed by atoms with Gasteiger partial charge in [0, 0.05) is 37.9 Å².